The average molecular weight is 307 g/mol. The van der Waals surface area contributed by atoms with Crippen molar-refractivity contribution in [1.82, 2.24) is 0 Å². The molecule has 1 rings (SSSR count). The van der Waals surface area contributed by atoms with E-state index in [2.05, 4.69) is 25.7 Å². The van der Waals surface area contributed by atoms with Crippen LogP contribution in [0.5, 0.6) is 0 Å². The highest BCUT2D eigenvalue weighted by molar-refractivity contribution is 4.98. The Morgan fingerprint density at radius 2 is 0.773 bits per heavy atom. The van der Waals surface area contributed by atoms with E-state index in [1.807, 2.05) is 0 Å². The molecular weight excluding hydrogens is 264 g/mol. The molecule has 0 unspecified atom stereocenters. The molecular formula is C22H42. The quantitative estimate of drug-likeness (QED) is 0.283. The van der Waals surface area contributed by atoms with Crippen LogP contribution in [0.2, 0.25) is 0 Å². The average Bonchev–Trinajstić information content (AvgIpc) is 2.58. The van der Waals surface area contributed by atoms with Gasteiger partial charge in [0, 0.05) is 12.8 Å². The van der Waals surface area contributed by atoms with E-state index >= 15 is 0 Å². The Hall–Kier alpha value is -0.440. The molecule has 0 heteroatoms. The van der Waals surface area contributed by atoms with Gasteiger partial charge in [0.1, 0.15) is 0 Å². The molecule has 0 atom stereocenters. The van der Waals surface area contributed by atoms with Crippen LogP contribution in [0.1, 0.15) is 129 Å². The van der Waals surface area contributed by atoms with Gasteiger partial charge in [-0.05, 0) is 12.8 Å². The monoisotopic (exact) mass is 306 g/mol. The fourth-order valence-corrected chi connectivity index (χ4v) is 2.87. The third-order valence-corrected chi connectivity index (χ3v) is 4.44. The highest BCUT2D eigenvalue weighted by atomic mass is 14.0. The zero-order valence-electron chi connectivity index (χ0n) is 15.7. The molecule has 0 amide bonds. The van der Waals surface area contributed by atoms with Crippen LogP contribution in [-0.2, 0) is 0 Å². The lowest BCUT2D eigenvalue weighted by atomic mass is 10.0. The minimum Gasteiger partial charge on any atom is -0.103 e. The SMILES string of the molecule is C1CCCCC1.CCCCCCCC#CCCCCCCC. The summed E-state index contributed by atoms with van der Waals surface area (Å²) in [6.45, 7) is 4.52. The second-order valence-electron chi connectivity index (χ2n) is 6.80. The van der Waals surface area contributed by atoms with Gasteiger partial charge in [-0.3, -0.25) is 0 Å². The molecule has 0 aromatic rings. The Morgan fingerprint density at radius 3 is 1.09 bits per heavy atom. The lowest BCUT2D eigenvalue weighted by molar-refractivity contribution is 0.504. The molecule has 130 valence electrons. The van der Waals surface area contributed by atoms with E-state index in [-0.39, 0.29) is 0 Å². The summed E-state index contributed by atoms with van der Waals surface area (Å²) in [5.74, 6) is 6.61. The van der Waals surface area contributed by atoms with E-state index < -0.39 is 0 Å². The van der Waals surface area contributed by atoms with Gasteiger partial charge in [-0.25, -0.2) is 0 Å². The molecule has 0 aromatic carbocycles. The third kappa shape index (κ3) is 19.6. The fourth-order valence-electron chi connectivity index (χ4n) is 2.87. The van der Waals surface area contributed by atoms with Crippen LogP contribution in [0.15, 0.2) is 0 Å². The minimum absolute atomic E-state index is 1.12. The Kier molecular flexibility index (Phi) is 20.1. The van der Waals surface area contributed by atoms with Crippen molar-refractivity contribution in [2.24, 2.45) is 0 Å². The largest absolute Gasteiger partial charge is 0.103 e. The van der Waals surface area contributed by atoms with Crippen LogP contribution in [0.3, 0.4) is 0 Å². The number of unbranched alkanes of at least 4 members (excludes halogenated alkanes) is 10. The van der Waals surface area contributed by atoms with E-state index in [0.29, 0.717) is 0 Å². The lowest BCUT2D eigenvalue weighted by Gasteiger charge is -2.05. The Morgan fingerprint density at radius 1 is 0.455 bits per heavy atom. The van der Waals surface area contributed by atoms with Gasteiger partial charge in [0.05, 0.1) is 0 Å². The highest BCUT2D eigenvalue weighted by Gasteiger charge is 1.95. The summed E-state index contributed by atoms with van der Waals surface area (Å²) in [5, 5.41) is 0. The van der Waals surface area contributed by atoms with Gasteiger partial charge in [-0.2, -0.15) is 0 Å². The van der Waals surface area contributed by atoms with Gasteiger partial charge >= 0.3 is 0 Å². The molecule has 0 saturated heterocycles. The molecule has 1 aliphatic carbocycles. The molecule has 0 aromatic heterocycles. The molecule has 0 nitrogen and oxygen atoms in total. The topological polar surface area (TPSA) is 0 Å². The van der Waals surface area contributed by atoms with Gasteiger partial charge in [0.25, 0.3) is 0 Å². The summed E-state index contributed by atoms with van der Waals surface area (Å²) in [6, 6.07) is 0. The molecule has 0 aliphatic heterocycles. The zero-order chi connectivity index (χ0) is 16.1. The summed E-state index contributed by atoms with van der Waals surface area (Å²) in [7, 11) is 0. The van der Waals surface area contributed by atoms with Crippen LogP contribution in [0, 0.1) is 11.8 Å². The first-order valence-electron chi connectivity index (χ1n) is 10.4. The van der Waals surface area contributed by atoms with Crippen LogP contribution >= 0.6 is 0 Å². The zero-order valence-corrected chi connectivity index (χ0v) is 15.7. The van der Waals surface area contributed by atoms with Gasteiger partial charge < -0.3 is 0 Å². The summed E-state index contributed by atoms with van der Waals surface area (Å²) in [6.07, 6.45) is 24.9. The van der Waals surface area contributed by atoms with Crippen LogP contribution in [0.4, 0.5) is 0 Å². The number of hydrogen-bond acceptors (Lipinski definition) is 0. The van der Waals surface area contributed by atoms with Gasteiger partial charge in [0.15, 0.2) is 0 Å². The van der Waals surface area contributed by atoms with Crippen molar-refractivity contribution in [3.8, 4) is 11.8 Å². The Labute approximate surface area is 141 Å². The third-order valence-electron chi connectivity index (χ3n) is 4.44. The molecule has 22 heavy (non-hydrogen) atoms. The van der Waals surface area contributed by atoms with Crippen LogP contribution in [0.25, 0.3) is 0 Å². The van der Waals surface area contributed by atoms with Crippen molar-refractivity contribution < 1.29 is 0 Å². The van der Waals surface area contributed by atoms with E-state index in [1.54, 1.807) is 0 Å². The predicted molar refractivity (Wildman–Crippen MR) is 102 cm³/mol. The maximum atomic E-state index is 3.30. The normalized spacial score (nSPS) is 13.7. The summed E-state index contributed by atoms with van der Waals surface area (Å²) in [5.41, 5.74) is 0. The molecule has 1 saturated carbocycles. The Balaban J connectivity index is 0.000000604. The van der Waals surface area contributed by atoms with Crippen molar-refractivity contribution in [3.63, 3.8) is 0 Å². The standard InChI is InChI=1S/C16H30.C6H12/c1-3-5-7-9-11-13-15-16-14-12-10-8-6-4-2;1-2-4-6-5-3-1/h3-14H2,1-2H3;1-6H2. The first-order chi connectivity index (χ1) is 10.9. The maximum Gasteiger partial charge on any atom is 0.00886 e. The van der Waals surface area contributed by atoms with Gasteiger partial charge in [-0.15, -0.1) is 11.8 Å². The molecule has 1 aliphatic rings. The van der Waals surface area contributed by atoms with E-state index in [0.717, 1.165) is 12.8 Å². The smallest absolute Gasteiger partial charge is 0.00886 e. The minimum atomic E-state index is 1.12. The summed E-state index contributed by atoms with van der Waals surface area (Å²) >= 11 is 0. The first kappa shape index (κ1) is 21.6. The van der Waals surface area contributed by atoms with Crippen LogP contribution in [-0.4, -0.2) is 0 Å². The van der Waals surface area contributed by atoms with E-state index in [9.17, 15) is 0 Å². The summed E-state index contributed by atoms with van der Waals surface area (Å²) in [4.78, 5) is 0. The second kappa shape index (κ2) is 20.6. The van der Waals surface area contributed by atoms with Gasteiger partial charge in [-0.1, -0.05) is 104 Å². The lowest BCUT2D eigenvalue weighted by Crippen LogP contribution is -1.85. The summed E-state index contributed by atoms with van der Waals surface area (Å²) < 4.78 is 0. The molecule has 0 spiro atoms. The number of hydrogen-bond donors (Lipinski definition) is 0. The fraction of sp³-hybridized carbons (Fsp3) is 0.909. The van der Waals surface area contributed by atoms with Crippen molar-refractivity contribution in [1.29, 1.82) is 0 Å². The second-order valence-corrected chi connectivity index (χ2v) is 6.80. The molecule has 0 N–H and O–H groups in total. The first-order valence-corrected chi connectivity index (χ1v) is 10.4. The van der Waals surface area contributed by atoms with Crippen molar-refractivity contribution in [2.45, 2.75) is 129 Å². The maximum absolute atomic E-state index is 3.30. The molecule has 1 fully saturated rings. The van der Waals surface area contributed by atoms with Gasteiger partial charge in [0.2, 0.25) is 0 Å². The van der Waals surface area contributed by atoms with E-state index in [4.69, 9.17) is 0 Å². The Bertz CT molecular complexity index is 209. The van der Waals surface area contributed by atoms with E-state index in [1.165, 1.54) is 103 Å². The molecule has 0 bridgehead atoms. The predicted octanol–water partition coefficient (Wildman–Crippen LogP) is 8.05. The molecule has 0 heterocycles. The van der Waals surface area contributed by atoms with Crippen molar-refractivity contribution in [3.05, 3.63) is 0 Å². The molecule has 0 radical (unpaired) electrons. The van der Waals surface area contributed by atoms with Crippen molar-refractivity contribution >= 4 is 0 Å². The van der Waals surface area contributed by atoms with Crippen LogP contribution < -0.4 is 0 Å². The number of rotatable bonds is 10. The highest BCUT2D eigenvalue weighted by Crippen LogP contribution is 2.15. The van der Waals surface area contributed by atoms with Crippen molar-refractivity contribution in [2.75, 3.05) is 0 Å².